The van der Waals surface area contributed by atoms with Crippen LogP contribution in [0, 0.1) is 6.92 Å². The molecule has 2 aromatic carbocycles. The molecule has 0 saturated heterocycles. The SMILES string of the molecule is Cc1ccccc1CCNC(=O)c1cc2n(n1)CC(C)(C(=O)NCc1ccccc1)N(C)C2=O. The van der Waals surface area contributed by atoms with E-state index in [1.807, 2.05) is 61.5 Å². The Bertz CT molecular complexity index is 1220. The first-order chi connectivity index (χ1) is 16.3. The summed E-state index contributed by atoms with van der Waals surface area (Å²) >= 11 is 0. The second-order valence-electron chi connectivity index (χ2n) is 8.81. The first-order valence-electron chi connectivity index (χ1n) is 11.3. The third-order valence-corrected chi connectivity index (χ3v) is 6.46. The van der Waals surface area contributed by atoms with Gasteiger partial charge in [-0.05, 0) is 37.0 Å². The topological polar surface area (TPSA) is 96.3 Å². The predicted molar refractivity (Wildman–Crippen MR) is 128 cm³/mol. The number of aryl methyl sites for hydroxylation is 1. The Morgan fingerprint density at radius 3 is 2.50 bits per heavy atom. The number of carbonyl (C=O) groups excluding carboxylic acids is 3. The average molecular weight is 460 g/mol. The lowest BCUT2D eigenvalue weighted by atomic mass is 9.96. The van der Waals surface area contributed by atoms with Crippen molar-refractivity contribution in [2.75, 3.05) is 13.6 Å². The summed E-state index contributed by atoms with van der Waals surface area (Å²) in [6.07, 6.45) is 0.702. The van der Waals surface area contributed by atoms with Crippen LogP contribution in [0.4, 0.5) is 0 Å². The Morgan fingerprint density at radius 2 is 1.76 bits per heavy atom. The zero-order valence-corrected chi connectivity index (χ0v) is 19.7. The van der Waals surface area contributed by atoms with E-state index in [2.05, 4.69) is 15.7 Å². The van der Waals surface area contributed by atoms with E-state index in [1.54, 1.807) is 14.0 Å². The average Bonchev–Trinajstić information content (AvgIpc) is 3.27. The van der Waals surface area contributed by atoms with Crippen LogP contribution in [0.25, 0.3) is 0 Å². The van der Waals surface area contributed by atoms with Gasteiger partial charge in [0.1, 0.15) is 11.2 Å². The highest BCUT2D eigenvalue weighted by atomic mass is 16.2. The highest BCUT2D eigenvalue weighted by molar-refractivity contribution is 6.01. The number of hydrogen-bond acceptors (Lipinski definition) is 4. The molecule has 1 aliphatic rings. The van der Waals surface area contributed by atoms with Crippen LogP contribution in [0.2, 0.25) is 0 Å². The van der Waals surface area contributed by atoms with Gasteiger partial charge in [0.05, 0.1) is 6.54 Å². The minimum atomic E-state index is -1.14. The van der Waals surface area contributed by atoms with Gasteiger partial charge in [-0.25, -0.2) is 0 Å². The van der Waals surface area contributed by atoms with E-state index in [4.69, 9.17) is 0 Å². The van der Waals surface area contributed by atoms with E-state index >= 15 is 0 Å². The van der Waals surface area contributed by atoms with E-state index in [0.29, 0.717) is 25.2 Å². The fraction of sp³-hybridized carbons (Fsp3) is 0.308. The number of rotatable bonds is 7. The molecule has 8 nitrogen and oxygen atoms in total. The Morgan fingerprint density at radius 1 is 1.06 bits per heavy atom. The number of nitrogens with one attached hydrogen (secondary N) is 2. The van der Waals surface area contributed by atoms with E-state index < -0.39 is 5.54 Å². The molecular weight excluding hydrogens is 430 g/mol. The van der Waals surface area contributed by atoms with Gasteiger partial charge >= 0.3 is 0 Å². The summed E-state index contributed by atoms with van der Waals surface area (Å²) in [7, 11) is 1.60. The Kier molecular flexibility index (Phi) is 6.49. The number of nitrogens with zero attached hydrogens (tertiary/aromatic N) is 3. The summed E-state index contributed by atoms with van der Waals surface area (Å²) in [5.74, 6) is -0.978. The van der Waals surface area contributed by atoms with Crippen LogP contribution < -0.4 is 10.6 Å². The standard InChI is InChI=1S/C26H29N5O3/c1-18-9-7-8-12-20(18)13-14-27-23(32)21-15-22-24(33)30(3)26(2,17-31(22)29-21)25(34)28-16-19-10-5-4-6-11-19/h4-12,15H,13-14,16-17H2,1-3H3,(H,27,32)(H,28,34). The summed E-state index contributed by atoms with van der Waals surface area (Å²) in [6.45, 7) is 4.71. The van der Waals surface area contributed by atoms with Crippen molar-refractivity contribution in [2.24, 2.45) is 0 Å². The molecule has 176 valence electrons. The normalized spacial score (nSPS) is 17.3. The van der Waals surface area contributed by atoms with Gasteiger partial charge in [-0.2, -0.15) is 5.10 Å². The van der Waals surface area contributed by atoms with Crippen LogP contribution in [-0.2, 0) is 24.3 Å². The van der Waals surface area contributed by atoms with Crippen LogP contribution in [0.15, 0.2) is 60.7 Å². The van der Waals surface area contributed by atoms with E-state index in [1.165, 1.54) is 26.8 Å². The summed E-state index contributed by atoms with van der Waals surface area (Å²) in [6, 6.07) is 19.1. The number of hydrogen-bond donors (Lipinski definition) is 2. The lowest BCUT2D eigenvalue weighted by Gasteiger charge is -2.40. The van der Waals surface area contributed by atoms with E-state index in [0.717, 1.165) is 5.56 Å². The summed E-state index contributed by atoms with van der Waals surface area (Å²) in [4.78, 5) is 40.2. The van der Waals surface area contributed by atoms with Crippen LogP contribution in [0.1, 0.15) is 44.6 Å². The molecule has 0 bridgehead atoms. The molecule has 2 N–H and O–H groups in total. The maximum atomic E-state index is 13.1. The molecule has 4 rings (SSSR count). The van der Waals surface area contributed by atoms with Gasteiger partial charge in [-0.3, -0.25) is 19.1 Å². The molecule has 0 aliphatic carbocycles. The minimum Gasteiger partial charge on any atom is -0.350 e. The molecule has 8 heteroatoms. The van der Waals surface area contributed by atoms with Crippen molar-refractivity contribution in [1.82, 2.24) is 25.3 Å². The number of fused-ring (bicyclic) bond motifs is 1. The molecule has 0 radical (unpaired) electrons. The molecule has 34 heavy (non-hydrogen) atoms. The first-order valence-corrected chi connectivity index (χ1v) is 11.3. The second-order valence-corrected chi connectivity index (χ2v) is 8.81. The zero-order valence-electron chi connectivity index (χ0n) is 19.7. The Labute approximate surface area is 199 Å². The quantitative estimate of drug-likeness (QED) is 0.567. The molecule has 1 atom stereocenters. The lowest BCUT2D eigenvalue weighted by Crippen LogP contribution is -2.62. The largest absolute Gasteiger partial charge is 0.350 e. The Hall–Kier alpha value is -3.94. The van der Waals surface area contributed by atoms with Crippen molar-refractivity contribution < 1.29 is 14.4 Å². The van der Waals surface area contributed by atoms with Gasteiger partial charge in [-0.1, -0.05) is 54.6 Å². The van der Waals surface area contributed by atoms with Gasteiger partial charge in [0.25, 0.3) is 11.8 Å². The highest BCUT2D eigenvalue weighted by Gasteiger charge is 2.46. The molecular formula is C26H29N5O3. The van der Waals surface area contributed by atoms with Crippen molar-refractivity contribution >= 4 is 17.7 Å². The highest BCUT2D eigenvalue weighted by Crippen LogP contribution is 2.26. The molecule has 0 saturated carbocycles. The van der Waals surface area contributed by atoms with Crippen LogP contribution in [0.3, 0.4) is 0 Å². The van der Waals surface area contributed by atoms with Crippen LogP contribution >= 0.6 is 0 Å². The molecule has 1 aliphatic heterocycles. The molecule has 0 fully saturated rings. The number of carbonyl (C=O) groups is 3. The fourth-order valence-electron chi connectivity index (χ4n) is 4.10. The number of benzene rings is 2. The molecule has 3 aromatic rings. The maximum Gasteiger partial charge on any atom is 0.272 e. The second kappa shape index (κ2) is 9.51. The number of likely N-dealkylation sites (N-methyl/N-ethyl adjacent to an activating group) is 1. The van der Waals surface area contributed by atoms with Gasteiger partial charge in [0, 0.05) is 26.2 Å². The summed E-state index contributed by atoms with van der Waals surface area (Å²) in [5.41, 5.74) is 2.63. The molecule has 0 spiro atoms. The molecule has 1 aromatic heterocycles. The molecule has 1 unspecified atom stereocenters. The monoisotopic (exact) mass is 459 g/mol. The first kappa shape index (κ1) is 23.2. The maximum absolute atomic E-state index is 13.1. The minimum absolute atomic E-state index is 0.154. The summed E-state index contributed by atoms with van der Waals surface area (Å²) < 4.78 is 1.46. The van der Waals surface area contributed by atoms with Gasteiger partial charge < -0.3 is 15.5 Å². The number of aromatic nitrogens is 2. The zero-order chi connectivity index (χ0) is 24.3. The number of amides is 3. The fourth-order valence-corrected chi connectivity index (χ4v) is 4.10. The lowest BCUT2D eigenvalue weighted by molar-refractivity contribution is -0.132. The molecule has 2 heterocycles. The van der Waals surface area contributed by atoms with Gasteiger partial charge in [0.15, 0.2) is 5.69 Å². The third-order valence-electron chi connectivity index (χ3n) is 6.46. The Balaban J connectivity index is 1.43. The van der Waals surface area contributed by atoms with Gasteiger partial charge in [-0.15, -0.1) is 0 Å². The smallest absolute Gasteiger partial charge is 0.272 e. The summed E-state index contributed by atoms with van der Waals surface area (Å²) in [5, 5.41) is 10.1. The third kappa shape index (κ3) is 4.57. The van der Waals surface area contributed by atoms with Crippen molar-refractivity contribution in [3.63, 3.8) is 0 Å². The van der Waals surface area contributed by atoms with Crippen molar-refractivity contribution in [3.05, 3.63) is 88.7 Å². The van der Waals surface area contributed by atoms with Crippen molar-refractivity contribution in [3.8, 4) is 0 Å². The van der Waals surface area contributed by atoms with Gasteiger partial charge in [0.2, 0.25) is 5.91 Å². The van der Waals surface area contributed by atoms with E-state index in [9.17, 15) is 14.4 Å². The predicted octanol–water partition coefficient (Wildman–Crippen LogP) is 2.32. The van der Waals surface area contributed by atoms with Crippen molar-refractivity contribution in [1.29, 1.82) is 0 Å². The van der Waals surface area contributed by atoms with Crippen LogP contribution in [0.5, 0.6) is 0 Å². The van der Waals surface area contributed by atoms with Crippen LogP contribution in [-0.4, -0.2) is 51.5 Å². The van der Waals surface area contributed by atoms with Crippen molar-refractivity contribution in [2.45, 2.75) is 38.9 Å². The molecule has 3 amide bonds. The van der Waals surface area contributed by atoms with E-state index in [-0.39, 0.29) is 30.0 Å².